The maximum atomic E-state index is 12.2. The van der Waals surface area contributed by atoms with E-state index < -0.39 is 22.9 Å². The number of rotatable bonds is 6. The summed E-state index contributed by atoms with van der Waals surface area (Å²) in [7, 11) is 0. The minimum absolute atomic E-state index is 0.0666. The fraction of sp³-hybridized carbons (Fsp3) is 0.222. The fourth-order valence-electron chi connectivity index (χ4n) is 2.25. The zero-order valence-electron chi connectivity index (χ0n) is 13.9. The topological polar surface area (TPSA) is 98.5 Å². The van der Waals surface area contributed by atoms with Gasteiger partial charge in [-0.15, -0.1) is 0 Å². The first kappa shape index (κ1) is 18.1. The molecule has 0 bridgehead atoms. The van der Waals surface area contributed by atoms with Crippen LogP contribution in [0, 0.1) is 17.0 Å². The second kappa shape index (κ2) is 8.05. The van der Waals surface area contributed by atoms with Gasteiger partial charge in [0, 0.05) is 18.2 Å². The molecule has 0 spiro atoms. The van der Waals surface area contributed by atoms with Gasteiger partial charge in [0.05, 0.1) is 10.5 Å². The van der Waals surface area contributed by atoms with Gasteiger partial charge in [-0.2, -0.15) is 0 Å². The van der Waals surface area contributed by atoms with Crippen LogP contribution >= 0.6 is 0 Å². The Morgan fingerprint density at radius 3 is 2.48 bits per heavy atom. The Morgan fingerprint density at radius 1 is 1.16 bits per heavy atom. The van der Waals surface area contributed by atoms with Crippen molar-refractivity contribution >= 4 is 17.6 Å². The number of esters is 1. The standard InChI is InChI=1S/C18H18N2O5/c1-12-15(9-6-10-16(12)20(23)24)18(22)25-13(2)17(21)19-11-14-7-4-3-5-8-14/h3-10,13H,11H2,1-2H3,(H,19,21)/t13-/m0/s1. The van der Waals surface area contributed by atoms with Gasteiger partial charge in [-0.05, 0) is 25.5 Å². The van der Waals surface area contributed by atoms with Crippen LogP contribution in [0.25, 0.3) is 0 Å². The fourth-order valence-corrected chi connectivity index (χ4v) is 2.25. The first-order chi connectivity index (χ1) is 11.9. The van der Waals surface area contributed by atoms with Crippen molar-refractivity contribution < 1.29 is 19.2 Å². The van der Waals surface area contributed by atoms with Gasteiger partial charge in [0.25, 0.3) is 11.6 Å². The third kappa shape index (κ3) is 4.63. The lowest BCUT2D eigenvalue weighted by Crippen LogP contribution is -2.35. The SMILES string of the molecule is Cc1c(C(=O)O[C@@H](C)C(=O)NCc2ccccc2)cccc1[N+](=O)[O-]. The first-order valence-electron chi connectivity index (χ1n) is 7.66. The lowest BCUT2D eigenvalue weighted by molar-refractivity contribution is -0.385. The Bertz CT molecular complexity index is 789. The number of nitro groups is 1. The van der Waals surface area contributed by atoms with Crippen LogP contribution in [-0.4, -0.2) is 22.9 Å². The van der Waals surface area contributed by atoms with Crippen molar-refractivity contribution in [3.63, 3.8) is 0 Å². The highest BCUT2D eigenvalue weighted by Crippen LogP contribution is 2.22. The van der Waals surface area contributed by atoms with Crippen LogP contribution < -0.4 is 5.32 Å². The molecule has 1 N–H and O–H groups in total. The molecule has 0 aliphatic carbocycles. The minimum atomic E-state index is -1.02. The summed E-state index contributed by atoms with van der Waals surface area (Å²) in [5.41, 5.74) is 1.02. The zero-order valence-corrected chi connectivity index (χ0v) is 13.9. The number of nitrogens with one attached hydrogen (secondary N) is 1. The van der Waals surface area contributed by atoms with Gasteiger partial charge in [-0.25, -0.2) is 4.79 Å². The highest BCUT2D eigenvalue weighted by Gasteiger charge is 2.23. The summed E-state index contributed by atoms with van der Waals surface area (Å²) in [6, 6.07) is 13.5. The smallest absolute Gasteiger partial charge is 0.339 e. The van der Waals surface area contributed by atoms with Gasteiger partial charge in [0.15, 0.2) is 6.10 Å². The predicted molar refractivity (Wildman–Crippen MR) is 91.0 cm³/mol. The molecule has 1 atom stereocenters. The average molecular weight is 342 g/mol. The summed E-state index contributed by atoms with van der Waals surface area (Å²) in [5, 5.41) is 13.6. The van der Waals surface area contributed by atoms with Crippen LogP contribution in [0.15, 0.2) is 48.5 Å². The second-order valence-corrected chi connectivity index (χ2v) is 5.46. The van der Waals surface area contributed by atoms with Gasteiger partial charge >= 0.3 is 5.97 Å². The van der Waals surface area contributed by atoms with Crippen LogP contribution in [0.2, 0.25) is 0 Å². The van der Waals surface area contributed by atoms with Crippen molar-refractivity contribution in [1.29, 1.82) is 0 Å². The van der Waals surface area contributed by atoms with Crippen LogP contribution in [0.3, 0.4) is 0 Å². The number of hydrogen-bond acceptors (Lipinski definition) is 5. The summed E-state index contributed by atoms with van der Waals surface area (Å²) < 4.78 is 5.13. The lowest BCUT2D eigenvalue weighted by Gasteiger charge is -2.14. The lowest BCUT2D eigenvalue weighted by atomic mass is 10.1. The summed E-state index contributed by atoms with van der Waals surface area (Å²) in [6.07, 6.45) is -1.02. The number of amides is 1. The monoisotopic (exact) mass is 342 g/mol. The zero-order chi connectivity index (χ0) is 18.4. The van der Waals surface area contributed by atoms with Crippen LogP contribution in [0.1, 0.15) is 28.4 Å². The van der Waals surface area contributed by atoms with Crippen LogP contribution in [0.5, 0.6) is 0 Å². The van der Waals surface area contributed by atoms with E-state index in [4.69, 9.17) is 4.74 Å². The Morgan fingerprint density at radius 2 is 1.84 bits per heavy atom. The molecule has 2 aromatic carbocycles. The molecule has 0 aliphatic heterocycles. The largest absolute Gasteiger partial charge is 0.449 e. The Balaban J connectivity index is 1.99. The average Bonchev–Trinajstić information content (AvgIpc) is 2.60. The number of nitro benzene ring substituents is 1. The summed E-state index contributed by atoms with van der Waals surface area (Å²) >= 11 is 0. The molecule has 0 saturated heterocycles. The van der Waals surface area contributed by atoms with Gasteiger partial charge in [0.1, 0.15) is 0 Å². The molecule has 2 aromatic rings. The van der Waals surface area contributed by atoms with E-state index in [2.05, 4.69) is 5.32 Å². The van der Waals surface area contributed by atoms with Gasteiger partial charge in [-0.3, -0.25) is 14.9 Å². The third-order valence-corrected chi connectivity index (χ3v) is 3.68. The van der Waals surface area contributed by atoms with E-state index in [1.54, 1.807) is 0 Å². The highest BCUT2D eigenvalue weighted by molar-refractivity contribution is 5.94. The molecule has 0 fully saturated rings. The highest BCUT2D eigenvalue weighted by atomic mass is 16.6. The molecular weight excluding hydrogens is 324 g/mol. The molecular formula is C18H18N2O5. The molecule has 0 aromatic heterocycles. The Labute approximate surface area is 144 Å². The van der Waals surface area contributed by atoms with Gasteiger partial charge in [0.2, 0.25) is 0 Å². The Kier molecular flexibility index (Phi) is 5.84. The number of carbonyl (C=O) groups is 2. The number of ether oxygens (including phenoxy) is 1. The number of benzene rings is 2. The number of nitrogens with zero attached hydrogens (tertiary/aromatic N) is 1. The van der Waals surface area contributed by atoms with Gasteiger partial charge < -0.3 is 10.1 Å². The normalized spacial score (nSPS) is 11.4. The van der Waals surface area contributed by atoms with E-state index in [1.165, 1.54) is 32.0 Å². The maximum absolute atomic E-state index is 12.2. The van der Waals surface area contributed by atoms with Crippen molar-refractivity contribution in [3.8, 4) is 0 Å². The molecule has 0 radical (unpaired) electrons. The molecule has 0 saturated carbocycles. The van der Waals surface area contributed by atoms with Crippen molar-refractivity contribution in [2.24, 2.45) is 0 Å². The van der Waals surface area contributed by atoms with Crippen molar-refractivity contribution in [2.45, 2.75) is 26.5 Å². The molecule has 0 heterocycles. The summed E-state index contributed by atoms with van der Waals surface area (Å²) in [4.78, 5) is 34.6. The van der Waals surface area contributed by atoms with E-state index in [0.717, 1.165) is 5.56 Å². The van der Waals surface area contributed by atoms with E-state index in [1.807, 2.05) is 30.3 Å². The van der Waals surface area contributed by atoms with Crippen molar-refractivity contribution in [3.05, 3.63) is 75.3 Å². The van der Waals surface area contributed by atoms with E-state index >= 15 is 0 Å². The number of hydrogen-bond donors (Lipinski definition) is 1. The van der Waals surface area contributed by atoms with E-state index in [9.17, 15) is 19.7 Å². The van der Waals surface area contributed by atoms with Crippen molar-refractivity contribution in [2.75, 3.05) is 0 Å². The van der Waals surface area contributed by atoms with Crippen LogP contribution in [-0.2, 0) is 16.1 Å². The maximum Gasteiger partial charge on any atom is 0.339 e. The Hall–Kier alpha value is -3.22. The molecule has 2 rings (SSSR count). The number of carbonyl (C=O) groups excluding carboxylic acids is 2. The molecule has 130 valence electrons. The van der Waals surface area contributed by atoms with Crippen LogP contribution in [0.4, 0.5) is 5.69 Å². The molecule has 25 heavy (non-hydrogen) atoms. The quantitative estimate of drug-likeness (QED) is 0.494. The first-order valence-corrected chi connectivity index (χ1v) is 7.66. The third-order valence-electron chi connectivity index (χ3n) is 3.68. The molecule has 7 nitrogen and oxygen atoms in total. The van der Waals surface area contributed by atoms with Gasteiger partial charge in [-0.1, -0.05) is 36.4 Å². The molecule has 0 aliphatic rings. The van der Waals surface area contributed by atoms with Crippen molar-refractivity contribution in [1.82, 2.24) is 5.32 Å². The molecule has 7 heteroatoms. The minimum Gasteiger partial charge on any atom is -0.449 e. The molecule has 1 amide bonds. The summed E-state index contributed by atoms with van der Waals surface area (Å²) in [6.45, 7) is 3.23. The van der Waals surface area contributed by atoms with E-state index in [0.29, 0.717) is 6.54 Å². The molecule has 0 unspecified atom stereocenters. The summed E-state index contributed by atoms with van der Waals surface area (Å²) in [5.74, 6) is -1.22. The second-order valence-electron chi connectivity index (χ2n) is 5.46. The van der Waals surface area contributed by atoms with E-state index in [-0.39, 0.29) is 16.8 Å². The predicted octanol–water partition coefficient (Wildman–Crippen LogP) is 2.76.